The standard InChI is InChI=1S/C11H13BrN2O3/c1-6(13)10(15)14-9-4-3-7(12)5-8(9)11(16)17-2/h3-6H,13H2,1-2H3,(H,14,15)/t6-/m0/s1. The third-order valence-corrected chi connectivity index (χ3v) is 2.55. The lowest BCUT2D eigenvalue weighted by atomic mass is 10.1. The van der Waals surface area contributed by atoms with E-state index in [-0.39, 0.29) is 11.5 Å². The number of esters is 1. The molecule has 6 heteroatoms. The quantitative estimate of drug-likeness (QED) is 0.829. The van der Waals surface area contributed by atoms with Crippen molar-refractivity contribution in [3.63, 3.8) is 0 Å². The summed E-state index contributed by atoms with van der Waals surface area (Å²) >= 11 is 3.24. The third kappa shape index (κ3) is 3.54. The second kappa shape index (κ2) is 5.79. The molecule has 0 bridgehead atoms. The number of hydrogen-bond acceptors (Lipinski definition) is 4. The van der Waals surface area contributed by atoms with Gasteiger partial charge in [0.2, 0.25) is 5.91 Å². The first-order valence-electron chi connectivity index (χ1n) is 4.90. The largest absolute Gasteiger partial charge is 0.465 e. The molecule has 0 aliphatic carbocycles. The molecule has 3 N–H and O–H groups in total. The molecule has 0 unspecified atom stereocenters. The number of hydrogen-bond donors (Lipinski definition) is 2. The van der Waals surface area contributed by atoms with Crippen LogP contribution in [0, 0.1) is 0 Å². The molecule has 0 fully saturated rings. The van der Waals surface area contributed by atoms with Crippen LogP contribution in [0.2, 0.25) is 0 Å². The van der Waals surface area contributed by atoms with E-state index in [0.717, 1.165) is 4.47 Å². The van der Waals surface area contributed by atoms with Crippen molar-refractivity contribution in [2.75, 3.05) is 12.4 Å². The van der Waals surface area contributed by atoms with Crippen LogP contribution < -0.4 is 11.1 Å². The van der Waals surface area contributed by atoms with Gasteiger partial charge in [0.1, 0.15) is 0 Å². The average molecular weight is 301 g/mol. The fourth-order valence-electron chi connectivity index (χ4n) is 1.15. The van der Waals surface area contributed by atoms with Crippen molar-refractivity contribution in [3.8, 4) is 0 Å². The molecular weight excluding hydrogens is 288 g/mol. The van der Waals surface area contributed by atoms with Crippen LogP contribution in [-0.4, -0.2) is 25.0 Å². The Morgan fingerprint density at radius 3 is 2.65 bits per heavy atom. The van der Waals surface area contributed by atoms with Gasteiger partial charge in [-0.25, -0.2) is 4.79 Å². The van der Waals surface area contributed by atoms with Crippen LogP contribution in [0.15, 0.2) is 22.7 Å². The Kier molecular flexibility index (Phi) is 4.65. The number of ether oxygens (including phenoxy) is 1. The first-order chi connectivity index (χ1) is 7.95. The van der Waals surface area contributed by atoms with Gasteiger partial charge in [0.05, 0.1) is 24.4 Å². The topological polar surface area (TPSA) is 81.4 Å². The second-order valence-electron chi connectivity index (χ2n) is 3.46. The first-order valence-corrected chi connectivity index (χ1v) is 5.69. The summed E-state index contributed by atoms with van der Waals surface area (Å²) in [6.45, 7) is 1.56. The molecule has 0 radical (unpaired) electrons. The van der Waals surface area contributed by atoms with Crippen molar-refractivity contribution in [2.45, 2.75) is 13.0 Å². The van der Waals surface area contributed by atoms with Crippen LogP contribution in [0.1, 0.15) is 17.3 Å². The summed E-state index contributed by atoms with van der Waals surface area (Å²) in [5.41, 5.74) is 6.09. The second-order valence-corrected chi connectivity index (χ2v) is 4.38. The molecule has 1 aromatic carbocycles. The predicted octanol–water partition coefficient (Wildman–Crippen LogP) is 1.52. The summed E-state index contributed by atoms with van der Waals surface area (Å²) in [5.74, 6) is -0.885. The normalized spacial score (nSPS) is 11.8. The monoisotopic (exact) mass is 300 g/mol. The summed E-state index contributed by atoms with van der Waals surface area (Å²) < 4.78 is 5.35. The van der Waals surface area contributed by atoms with Crippen molar-refractivity contribution in [3.05, 3.63) is 28.2 Å². The highest BCUT2D eigenvalue weighted by atomic mass is 79.9. The fraction of sp³-hybridized carbons (Fsp3) is 0.273. The van der Waals surface area contributed by atoms with Gasteiger partial charge in [-0.1, -0.05) is 15.9 Å². The number of anilines is 1. The van der Waals surface area contributed by atoms with E-state index in [2.05, 4.69) is 26.0 Å². The minimum atomic E-state index is -0.649. The molecule has 0 spiro atoms. The maximum absolute atomic E-state index is 11.5. The number of benzene rings is 1. The van der Waals surface area contributed by atoms with Gasteiger partial charge in [0.25, 0.3) is 0 Å². The van der Waals surface area contributed by atoms with Gasteiger partial charge in [-0.05, 0) is 25.1 Å². The number of nitrogens with one attached hydrogen (secondary N) is 1. The zero-order valence-corrected chi connectivity index (χ0v) is 11.1. The van der Waals surface area contributed by atoms with Gasteiger partial charge < -0.3 is 15.8 Å². The van der Waals surface area contributed by atoms with E-state index in [9.17, 15) is 9.59 Å². The molecule has 17 heavy (non-hydrogen) atoms. The molecule has 0 saturated carbocycles. The molecular formula is C11H13BrN2O3. The lowest BCUT2D eigenvalue weighted by Gasteiger charge is -2.11. The molecule has 0 aliphatic heterocycles. The van der Waals surface area contributed by atoms with Crippen LogP contribution in [0.4, 0.5) is 5.69 Å². The van der Waals surface area contributed by atoms with Gasteiger partial charge >= 0.3 is 5.97 Å². The number of carbonyl (C=O) groups excluding carboxylic acids is 2. The molecule has 1 aromatic rings. The minimum Gasteiger partial charge on any atom is -0.465 e. The Balaban J connectivity index is 3.06. The maximum Gasteiger partial charge on any atom is 0.340 e. The van der Waals surface area contributed by atoms with Crippen molar-refractivity contribution in [2.24, 2.45) is 5.73 Å². The zero-order valence-electron chi connectivity index (χ0n) is 9.49. The van der Waals surface area contributed by atoms with Crippen molar-refractivity contribution in [1.29, 1.82) is 0 Å². The van der Waals surface area contributed by atoms with E-state index in [0.29, 0.717) is 5.69 Å². The van der Waals surface area contributed by atoms with Gasteiger partial charge in [-0.2, -0.15) is 0 Å². The minimum absolute atomic E-state index is 0.274. The van der Waals surface area contributed by atoms with Crippen LogP contribution in [-0.2, 0) is 9.53 Å². The molecule has 5 nitrogen and oxygen atoms in total. The van der Waals surface area contributed by atoms with Crippen molar-refractivity contribution < 1.29 is 14.3 Å². The Labute approximate surface area is 107 Å². The van der Waals surface area contributed by atoms with E-state index < -0.39 is 12.0 Å². The number of methoxy groups -OCH3 is 1. The number of halogens is 1. The van der Waals surface area contributed by atoms with Crippen LogP contribution >= 0.6 is 15.9 Å². The van der Waals surface area contributed by atoms with E-state index in [1.54, 1.807) is 25.1 Å². The molecule has 0 heterocycles. The highest BCUT2D eigenvalue weighted by molar-refractivity contribution is 9.10. The lowest BCUT2D eigenvalue weighted by molar-refractivity contribution is -0.117. The predicted molar refractivity (Wildman–Crippen MR) is 67.8 cm³/mol. The molecule has 0 saturated heterocycles. The van der Waals surface area contributed by atoms with Crippen LogP contribution in [0.3, 0.4) is 0 Å². The molecule has 1 rings (SSSR count). The number of carbonyl (C=O) groups is 2. The third-order valence-electron chi connectivity index (χ3n) is 2.06. The Hall–Kier alpha value is -1.40. The Morgan fingerprint density at radius 1 is 1.47 bits per heavy atom. The van der Waals surface area contributed by atoms with Gasteiger partial charge in [-0.15, -0.1) is 0 Å². The lowest BCUT2D eigenvalue weighted by Crippen LogP contribution is -2.33. The van der Waals surface area contributed by atoms with Crippen LogP contribution in [0.25, 0.3) is 0 Å². The summed E-state index contributed by atoms with van der Waals surface area (Å²) in [6, 6.07) is 4.24. The summed E-state index contributed by atoms with van der Waals surface area (Å²) in [6.07, 6.45) is 0. The zero-order chi connectivity index (χ0) is 13.0. The molecule has 0 aromatic heterocycles. The summed E-state index contributed by atoms with van der Waals surface area (Å²) in [7, 11) is 1.28. The summed E-state index contributed by atoms with van der Waals surface area (Å²) in [4.78, 5) is 23.0. The van der Waals surface area contributed by atoms with Gasteiger partial charge in [0.15, 0.2) is 0 Å². The maximum atomic E-state index is 11.5. The smallest absolute Gasteiger partial charge is 0.340 e. The van der Waals surface area contributed by atoms with E-state index in [1.807, 2.05) is 0 Å². The SMILES string of the molecule is COC(=O)c1cc(Br)ccc1NC(=O)[C@H](C)N. The molecule has 92 valence electrons. The van der Waals surface area contributed by atoms with Crippen LogP contribution in [0.5, 0.6) is 0 Å². The molecule has 1 amide bonds. The van der Waals surface area contributed by atoms with Gasteiger partial charge in [-0.3, -0.25) is 4.79 Å². The van der Waals surface area contributed by atoms with Gasteiger partial charge in [0, 0.05) is 4.47 Å². The Morgan fingerprint density at radius 2 is 2.12 bits per heavy atom. The Bertz CT molecular complexity index is 446. The first kappa shape index (κ1) is 13.7. The van der Waals surface area contributed by atoms with Crippen molar-refractivity contribution >= 4 is 33.5 Å². The highest BCUT2D eigenvalue weighted by Crippen LogP contribution is 2.22. The number of rotatable bonds is 3. The van der Waals surface area contributed by atoms with E-state index in [4.69, 9.17) is 5.73 Å². The molecule has 1 atom stereocenters. The average Bonchev–Trinajstić information content (AvgIpc) is 2.30. The number of nitrogens with two attached hydrogens (primary N) is 1. The summed E-state index contributed by atoms with van der Waals surface area (Å²) in [5, 5.41) is 2.57. The van der Waals surface area contributed by atoms with Crippen molar-refractivity contribution in [1.82, 2.24) is 0 Å². The number of amides is 1. The fourth-order valence-corrected chi connectivity index (χ4v) is 1.51. The molecule has 0 aliphatic rings. The van der Waals surface area contributed by atoms with E-state index in [1.165, 1.54) is 7.11 Å². The van der Waals surface area contributed by atoms with E-state index >= 15 is 0 Å². The highest BCUT2D eigenvalue weighted by Gasteiger charge is 2.15.